The summed E-state index contributed by atoms with van der Waals surface area (Å²) in [7, 11) is 0. The van der Waals surface area contributed by atoms with Crippen LogP contribution < -0.4 is 5.56 Å². The van der Waals surface area contributed by atoms with E-state index in [2.05, 4.69) is 10.2 Å². The largest absolute Gasteiger partial charge is 0.297 e. The molecule has 3 aromatic heterocycles. The molecule has 9 heteroatoms. The van der Waals surface area contributed by atoms with Crippen LogP contribution in [0.5, 0.6) is 0 Å². The lowest BCUT2D eigenvalue weighted by Crippen LogP contribution is -2.13. The molecule has 0 aliphatic heterocycles. The highest BCUT2D eigenvalue weighted by atomic mass is 32.2. The smallest absolute Gasteiger partial charge is 0.259 e. The van der Waals surface area contributed by atoms with E-state index in [1.165, 1.54) is 29.2 Å². The quantitative estimate of drug-likeness (QED) is 0.277. The number of aromatic nitrogens is 5. The van der Waals surface area contributed by atoms with Crippen molar-refractivity contribution in [2.24, 2.45) is 0 Å². The summed E-state index contributed by atoms with van der Waals surface area (Å²) in [5.74, 6) is 0.544. The molecule has 3 heterocycles. The number of nitrogens with zero attached hydrogens (tertiary/aromatic N) is 5. The van der Waals surface area contributed by atoms with Crippen LogP contribution in [0.4, 0.5) is 4.39 Å². The molecule has 6 aromatic rings. The molecule has 0 saturated carbocycles. The van der Waals surface area contributed by atoms with Crippen LogP contribution in [-0.4, -0.2) is 24.1 Å². The first kappa shape index (κ1) is 21.7. The fourth-order valence-electron chi connectivity index (χ4n) is 3.98. The van der Waals surface area contributed by atoms with Crippen LogP contribution in [0.25, 0.3) is 26.6 Å². The van der Waals surface area contributed by atoms with Gasteiger partial charge < -0.3 is 0 Å². The van der Waals surface area contributed by atoms with Crippen LogP contribution in [0.15, 0.2) is 94.9 Å². The number of halogens is 1. The Morgan fingerprint density at radius 1 is 0.914 bits per heavy atom. The third-order valence-electron chi connectivity index (χ3n) is 5.61. The maximum Gasteiger partial charge on any atom is 0.259 e. The molecule has 172 valence electrons. The van der Waals surface area contributed by atoms with Gasteiger partial charge in [-0.1, -0.05) is 77.7 Å². The van der Waals surface area contributed by atoms with Crippen LogP contribution in [0.3, 0.4) is 0 Å². The Bertz CT molecular complexity index is 1730. The number of rotatable bonds is 6. The van der Waals surface area contributed by atoms with E-state index in [9.17, 15) is 9.18 Å². The highest BCUT2D eigenvalue weighted by Crippen LogP contribution is 2.29. The Hall–Kier alpha value is -3.82. The van der Waals surface area contributed by atoms with Gasteiger partial charge >= 0.3 is 0 Å². The summed E-state index contributed by atoms with van der Waals surface area (Å²) in [6, 6.07) is 25.8. The second-order valence-corrected chi connectivity index (χ2v) is 9.87. The molecule has 0 bridgehead atoms. The van der Waals surface area contributed by atoms with Gasteiger partial charge in [0.2, 0.25) is 0 Å². The molecular formula is C26H18FN5OS2. The zero-order valence-corrected chi connectivity index (χ0v) is 20.0. The third kappa shape index (κ3) is 4.13. The molecular weight excluding hydrogens is 481 g/mol. The van der Waals surface area contributed by atoms with Gasteiger partial charge in [0.25, 0.3) is 5.56 Å². The van der Waals surface area contributed by atoms with Gasteiger partial charge in [-0.25, -0.2) is 9.37 Å². The molecule has 0 unspecified atom stereocenters. The molecule has 35 heavy (non-hydrogen) atoms. The van der Waals surface area contributed by atoms with E-state index in [0.29, 0.717) is 39.5 Å². The minimum atomic E-state index is -0.351. The van der Waals surface area contributed by atoms with E-state index in [0.717, 1.165) is 15.8 Å². The summed E-state index contributed by atoms with van der Waals surface area (Å²) >= 11 is 2.91. The van der Waals surface area contributed by atoms with E-state index in [1.54, 1.807) is 28.7 Å². The minimum Gasteiger partial charge on any atom is -0.297 e. The molecule has 3 aromatic carbocycles. The number of benzene rings is 3. The molecule has 0 spiro atoms. The van der Waals surface area contributed by atoms with Gasteiger partial charge in [-0.05, 0) is 29.8 Å². The first-order valence-corrected chi connectivity index (χ1v) is 12.7. The first-order chi connectivity index (χ1) is 17.2. The number of fused-ring (bicyclic) bond motifs is 3. The fourth-order valence-corrected chi connectivity index (χ4v) is 5.86. The van der Waals surface area contributed by atoms with Gasteiger partial charge in [0.15, 0.2) is 15.9 Å². The van der Waals surface area contributed by atoms with Gasteiger partial charge in [0, 0.05) is 11.8 Å². The Labute approximate surface area is 207 Å². The summed E-state index contributed by atoms with van der Waals surface area (Å²) in [4.78, 5) is 18.2. The van der Waals surface area contributed by atoms with Crippen LogP contribution in [-0.2, 0) is 12.3 Å². The van der Waals surface area contributed by atoms with Crippen molar-refractivity contribution in [2.45, 2.75) is 17.5 Å². The summed E-state index contributed by atoms with van der Waals surface area (Å²) in [5, 5.41) is 9.32. The van der Waals surface area contributed by atoms with Crippen molar-refractivity contribution >= 4 is 38.3 Å². The van der Waals surface area contributed by atoms with E-state index >= 15 is 0 Å². The van der Waals surface area contributed by atoms with Crippen LogP contribution in [0.2, 0.25) is 0 Å². The molecule has 0 aliphatic rings. The van der Waals surface area contributed by atoms with Crippen molar-refractivity contribution in [3.8, 4) is 11.4 Å². The second-order valence-electron chi connectivity index (χ2n) is 7.92. The Kier molecular flexibility index (Phi) is 5.63. The van der Waals surface area contributed by atoms with Gasteiger partial charge in [-0.2, -0.15) is 0 Å². The molecule has 6 nitrogen and oxygen atoms in total. The lowest BCUT2D eigenvalue weighted by atomic mass is 10.2. The van der Waals surface area contributed by atoms with Crippen LogP contribution in [0, 0.1) is 5.82 Å². The topological polar surface area (TPSA) is 65.1 Å². The normalized spacial score (nSPS) is 11.5. The molecule has 0 atom stereocenters. The van der Waals surface area contributed by atoms with E-state index < -0.39 is 0 Å². The fraction of sp³-hybridized carbons (Fsp3) is 0.0769. The van der Waals surface area contributed by atoms with Crippen molar-refractivity contribution in [3.63, 3.8) is 0 Å². The zero-order valence-electron chi connectivity index (χ0n) is 18.3. The number of thioether (sulfide) groups is 1. The molecule has 0 saturated heterocycles. The van der Waals surface area contributed by atoms with Crippen molar-refractivity contribution in [1.82, 2.24) is 24.1 Å². The first-order valence-electron chi connectivity index (χ1n) is 10.9. The highest BCUT2D eigenvalue weighted by molar-refractivity contribution is 7.98. The zero-order chi connectivity index (χ0) is 23.8. The average Bonchev–Trinajstić information content (AvgIpc) is 3.45. The molecule has 0 amide bonds. The third-order valence-corrected chi connectivity index (χ3v) is 7.63. The SMILES string of the molecule is O=c1cc(CSc2nnc(-c3ccccc3F)n2Cc2ccccc2)nc2sc3ccccc3n12. The van der Waals surface area contributed by atoms with Crippen molar-refractivity contribution in [3.05, 3.63) is 112 Å². The van der Waals surface area contributed by atoms with Crippen molar-refractivity contribution < 1.29 is 4.39 Å². The summed E-state index contributed by atoms with van der Waals surface area (Å²) in [5.41, 5.74) is 2.86. The van der Waals surface area contributed by atoms with Crippen LogP contribution >= 0.6 is 23.1 Å². The molecule has 0 aliphatic carbocycles. The Balaban J connectivity index is 1.36. The van der Waals surface area contributed by atoms with Crippen molar-refractivity contribution in [2.75, 3.05) is 0 Å². The molecule has 0 N–H and O–H groups in total. The monoisotopic (exact) mass is 499 g/mol. The van der Waals surface area contributed by atoms with Gasteiger partial charge in [0.1, 0.15) is 5.82 Å². The van der Waals surface area contributed by atoms with E-state index in [4.69, 9.17) is 4.98 Å². The molecule has 0 radical (unpaired) electrons. The number of thiazole rings is 1. The highest BCUT2D eigenvalue weighted by Gasteiger charge is 2.18. The minimum absolute atomic E-state index is 0.110. The second kappa shape index (κ2) is 9.09. The van der Waals surface area contributed by atoms with E-state index in [1.807, 2.05) is 59.2 Å². The number of hydrogen-bond acceptors (Lipinski definition) is 6. The standard InChI is InChI=1S/C26H18FN5OS2/c27-20-11-5-4-10-19(20)24-29-30-26(31(24)15-17-8-2-1-3-9-17)34-16-18-14-23(33)32-21-12-6-7-13-22(21)35-25(32)28-18/h1-14H,15-16H2. The summed E-state index contributed by atoms with van der Waals surface area (Å²) in [6.07, 6.45) is 0. The Morgan fingerprint density at radius 2 is 1.69 bits per heavy atom. The predicted molar refractivity (Wildman–Crippen MR) is 137 cm³/mol. The van der Waals surface area contributed by atoms with Crippen molar-refractivity contribution in [1.29, 1.82) is 0 Å². The lowest BCUT2D eigenvalue weighted by molar-refractivity contribution is 0.626. The maximum atomic E-state index is 14.6. The lowest BCUT2D eigenvalue weighted by Gasteiger charge is -2.11. The van der Waals surface area contributed by atoms with E-state index in [-0.39, 0.29) is 11.4 Å². The van der Waals surface area contributed by atoms with Gasteiger partial charge in [0.05, 0.1) is 28.0 Å². The number of hydrogen-bond donors (Lipinski definition) is 0. The maximum absolute atomic E-state index is 14.6. The Morgan fingerprint density at radius 3 is 2.54 bits per heavy atom. The summed E-state index contributed by atoms with van der Waals surface area (Å²) < 4.78 is 19.2. The van der Waals surface area contributed by atoms with Gasteiger partial charge in [-0.3, -0.25) is 13.8 Å². The average molecular weight is 500 g/mol. The summed E-state index contributed by atoms with van der Waals surface area (Å²) in [6.45, 7) is 0.491. The molecule has 6 rings (SSSR count). The molecule has 0 fully saturated rings. The van der Waals surface area contributed by atoms with Gasteiger partial charge in [-0.15, -0.1) is 10.2 Å². The number of para-hydroxylation sites is 1. The van der Waals surface area contributed by atoms with Crippen LogP contribution in [0.1, 0.15) is 11.3 Å². The predicted octanol–water partition coefficient (Wildman–Crippen LogP) is 5.65.